The predicted molar refractivity (Wildman–Crippen MR) is 104 cm³/mol. The molecule has 4 amide bonds. The zero-order chi connectivity index (χ0) is 19.4. The number of anilines is 1. The van der Waals surface area contributed by atoms with Crippen molar-refractivity contribution in [3.05, 3.63) is 28.2 Å². The minimum absolute atomic E-state index is 0.0667. The van der Waals surface area contributed by atoms with E-state index in [9.17, 15) is 14.4 Å². The van der Waals surface area contributed by atoms with Gasteiger partial charge in [0, 0.05) is 18.8 Å². The highest BCUT2D eigenvalue weighted by Gasteiger charge is 2.30. The lowest BCUT2D eigenvalue weighted by atomic mass is 10.0. The largest absolute Gasteiger partial charge is 0.329 e. The van der Waals surface area contributed by atoms with Crippen molar-refractivity contribution >= 4 is 46.7 Å². The van der Waals surface area contributed by atoms with Crippen LogP contribution in [-0.2, 0) is 9.59 Å². The predicted octanol–water partition coefficient (Wildman–Crippen LogP) is 2.73. The summed E-state index contributed by atoms with van der Waals surface area (Å²) in [5.41, 5.74) is 0.610. The highest BCUT2D eigenvalue weighted by molar-refractivity contribution is 6.42. The minimum Gasteiger partial charge on any atom is -0.329 e. The Morgan fingerprint density at radius 2 is 2.00 bits per heavy atom. The minimum atomic E-state index is -0.340. The fourth-order valence-electron chi connectivity index (χ4n) is 3.47. The van der Waals surface area contributed by atoms with Crippen LogP contribution in [-0.4, -0.2) is 59.9 Å². The Morgan fingerprint density at radius 1 is 1.19 bits per heavy atom. The van der Waals surface area contributed by atoms with Crippen molar-refractivity contribution in [2.45, 2.75) is 31.7 Å². The van der Waals surface area contributed by atoms with E-state index in [0.29, 0.717) is 35.2 Å². The van der Waals surface area contributed by atoms with Gasteiger partial charge in [-0.25, -0.2) is 4.79 Å². The summed E-state index contributed by atoms with van der Waals surface area (Å²) in [6, 6.07) is 4.42. The average Bonchev–Trinajstić information content (AvgIpc) is 2.97. The molecular weight excluding hydrogens is 391 g/mol. The number of hydrogen-bond donors (Lipinski definition) is 2. The number of urea groups is 1. The quantitative estimate of drug-likeness (QED) is 0.703. The van der Waals surface area contributed by atoms with Gasteiger partial charge in [0.2, 0.25) is 11.8 Å². The zero-order valence-electron chi connectivity index (χ0n) is 14.8. The Balaban J connectivity index is 1.55. The number of likely N-dealkylation sites (tertiary alicyclic amines) is 1. The van der Waals surface area contributed by atoms with Crippen LogP contribution in [0.3, 0.4) is 0 Å². The molecule has 7 nitrogen and oxygen atoms in total. The summed E-state index contributed by atoms with van der Waals surface area (Å²) < 4.78 is 0. The van der Waals surface area contributed by atoms with Gasteiger partial charge >= 0.3 is 6.03 Å². The molecule has 2 aliphatic rings. The monoisotopic (exact) mass is 412 g/mol. The van der Waals surface area contributed by atoms with Gasteiger partial charge in [-0.3, -0.25) is 19.4 Å². The Bertz CT molecular complexity index is 727. The van der Waals surface area contributed by atoms with Crippen molar-refractivity contribution < 1.29 is 14.4 Å². The van der Waals surface area contributed by atoms with Gasteiger partial charge in [-0.2, -0.15) is 0 Å². The maximum atomic E-state index is 12.7. The molecule has 2 N–H and O–H groups in total. The Morgan fingerprint density at radius 3 is 2.70 bits per heavy atom. The smallest absolute Gasteiger partial charge is 0.324 e. The summed E-state index contributed by atoms with van der Waals surface area (Å²) in [6.45, 7) is 1.90. The molecule has 1 unspecified atom stereocenters. The summed E-state index contributed by atoms with van der Waals surface area (Å²) in [6.07, 6.45) is 3.43. The maximum Gasteiger partial charge on any atom is 0.324 e. The van der Waals surface area contributed by atoms with Crippen LogP contribution >= 0.6 is 23.2 Å². The molecule has 1 aromatic carbocycles. The summed E-state index contributed by atoms with van der Waals surface area (Å²) in [4.78, 5) is 39.3. The van der Waals surface area contributed by atoms with Crippen LogP contribution in [0.15, 0.2) is 18.2 Å². The Hall–Kier alpha value is -1.83. The third kappa shape index (κ3) is 4.91. The molecule has 2 saturated heterocycles. The molecule has 0 aliphatic carbocycles. The molecule has 2 fully saturated rings. The number of piperidine rings is 1. The van der Waals surface area contributed by atoms with E-state index >= 15 is 0 Å². The van der Waals surface area contributed by atoms with Crippen molar-refractivity contribution in [2.75, 3.05) is 31.5 Å². The molecule has 27 heavy (non-hydrogen) atoms. The Labute approximate surface area is 168 Å². The second-order valence-electron chi connectivity index (χ2n) is 6.72. The number of amides is 4. The maximum absolute atomic E-state index is 12.7. The van der Waals surface area contributed by atoms with Crippen molar-refractivity contribution in [1.29, 1.82) is 0 Å². The number of nitrogens with zero attached hydrogens (tertiary/aromatic N) is 2. The first kappa shape index (κ1) is 19.9. The first-order chi connectivity index (χ1) is 13.0. The van der Waals surface area contributed by atoms with Gasteiger partial charge in [0.25, 0.3) is 0 Å². The molecule has 0 bridgehead atoms. The third-order valence-electron chi connectivity index (χ3n) is 4.87. The van der Waals surface area contributed by atoms with Crippen LogP contribution in [0.4, 0.5) is 10.5 Å². The molecule has 0 radical (unpaired) electrons. The molecule has 0 spiro atoms. The van der Waals surface area contributed by atoms with Gasteiger partial charge in [0.05, 0.1) is 22.6 Å². The number of imide groups is 1. The molecule has 146 valence electrons. The van der Waals surface area contributed by atoms with Gasteiger partial charge in [-0.05, 0) is 44.0 Å². The fraction of sp³-hybridized carbons (Fsp3) is 0.500. The van der Waals surface area contributed by atoms with Gasteiger partial charge in [0.15, 0.2) is 0 Å². The SMILES string of the molecule is O=C(Nc1ccc(Cl)c(Cl)c1)C1CCCCN1CCCN1C(=O)CNC1=O. The van der Waals surface area contributed by atoms with E-state index in [-0.39, 0.29) is 30.4 Å². The van der Waals surface area contributed by atoms with Crippen molar-refractivity contribution in [3.63, 3.8) is 0 Å². The van der Waals surface area contributed by atoms with Crippen molar-refractivity contribution in [1.82, 2.24) is 15.1 Å². The first-order valence-electron chi connectivity index (χ1n) is 9.04. The molecular formula is C18H22Cl2N4O3. The number of benzene rings is 1. The van der Waals surface area contributed by atoms with E-state index in [2.05, 4.69) is 15.5 Å². The van der Waals surface area contributed by atoms with Crippen LogP contribution in [0.2, 0.25) is 10.0 Å². The summed E-state index contributed by atoms with van der Waals surface area (Å²) in [5, 5.41) is 6.24. The molecule has 3 rings (SSSR count). The number of halogens is 2. The normalized spacial score (nSPS) is 20.7. The molecule has 1 aromatic rings. The van der Waals surface area contributed by atoms with E-state index < -0.39 is 0 Å². The van der Waals surface area contributed by atoms with Crippen LogP contribution < -0.4 is 10.6 Å². The van der Waals surface area contributed by atoms with Gasteiger partial charge in [-0.15, -0.1) is 0 Å². The van der Waals surface area contributed by atoms with Crippen LogP contribution in [0.1, 0.15) is 25.7 Å². The Kier molecular flexibility index (Phi) is 6.57. The van der Waals surface area contributed by atoms with E-state index in [1.54, 1.807) is 18.2 Å². The summed E-state index contributed by atoms with van der Waals surface area (Å²) >= 11 is 11.9. The molecule has 0 aromatic heterocycles. The van der Waals surface area contributed by atoms with E-state index in [0.717, 1.165) is 25.8 Å². The van der Waals surface area contributed by atoms with Gasteiger partial charge in [-0.1, -0.05) is 29.6 Å². The molecule has 9 heteroatoms. The lowest BCUT2D eigenvalue weighted by Crippen LogP contribution is -2.48. The lowest BCUT2D eigenvalue weighted by molar-refractivity contribution is -0.125. The lowest BCUT2D eigenvalue weighted by Gasteiger charge is -2.34. The highest BCUT2D eigenvalue weighted by atomic mass is 35.5. The number of nitrogens with one attached hydrogen (secondary N) is 2. The topological polar surface area (TPSA) is 81.8 Å². The van der Waals surface area contributed by atoms with Crippen LogP contribution in [0.25, 0.3) is 0 Å². The van der Waals surface area contributed by atoms with E-state index in [1.165, 1.54) is 4.90 Å². The molecule has 0 saturated carbocycles. The van der Waals surface area contributed by atoms with E-state index in [1.807, 2.05) is 0 Å². The average molecular weight is 413 g/mol. The van der Waals surface area contributed by atoms with Crippen LogP contribution in [0.5, 0.6) is 0 Å². The van der Waals surface area contributed by atoms with Gasteiger partial charge in [0.1, 0.15) is 0 Å². The summed E-state index contributed by atoms with van der Waals surface area (Å²) in [7, 11) is 0. The number of hydrogen-bond acceptors (Lipinski definition) is 4. The standard InChI is InChI=1S/C18H22Cl2N4O3/c19-13-6-5-12(10-14(13)20)22-17(26)15-4-1-2-7-23(15)8-3-9-24-16(25)11-21-18(24)27/h5-6,10,15H,1-4,7-9,11H2,(H,21,27)(H,22,26). The van der Waals surface area contributed by atoms with Crippen LogP contribution in [0, 0.1) is 0 Å². The molecule has 2 heterocycles. The van der Waals surface area contributed by atoms with E-state index in [4.69, 9.17) is 23.2 Å². The highest BCUT2D eigenvalue weighted by Crippen LogP contribution is 2.26. The zero-order valence-corrected chi connectivity index (χ0v) is 16.4. The molecule has 1 atom stereocenters. The molecule has 2 aliphatic heterocycles. The third-order valence-corrected chi connectivity index (χ3v) is 5.61. The number of rotatable bonds is 6. The second-order valence-corrected chi connectivity index (χ2v) is 7.54. The first-order valence-corrected chi connectivity index (χ1v) is 9.79. The fourth-order valence-corrected chi connectivity index (χ4v) is 3.77. The number of carbonyl (C=O) groups excluding carboxylic acids is 3. The van der Waals surface area contributed by atoms with Crippen molar-refractivity contribution in [3.8, 4) is 0 Å². The number of carbonyl (C=O) groups is 3. The van der Waals surface area contributed by atoms with Crippen molar-refractivity contribution in [2.24, 2.45) is 0 Å². The van der Waals surface area contributed by atoms with Gasteiger partial charge < -0.3 is 10.6 Å². The summed E-state index contributed by atoms with van der Waals surface area (Å²) in [5.74, 6) is -0.282. The second kappa shape index (κ2) is 8.91.